The zero-order valence-corrected chi connectivity index (χ0v) is 25.1. The fourth-order valence-electron chi connectivity index (χ4n) is 4.20. The van der Waals surface area contributed by atoms with E-state index in [1.807, 2.05) is 58.9 Å². The van der Waals surface area contributed by atoms with Gasteiger partial charge in [0.25, 0.3) is 10.0 Å². The van der Waals surface area contributed by atoms with Crippen molar-refractivity contribution in [2.24, 2.45) is 0 Å². The predicted molar refractivity (Wildman–Crippen MR) is 158 cm³/mol. The molecule has 0 bridgehead atoms. The van der Waals surface area contributed by atoms with E-state index in [4.69, 9.17) is 4.74 Å². The molecule has 3 rings (SSSR count). The first kappa shape index (κ1) is 30.7. The molecule has 40 heavy (non-hydrogen) atoms. The third-order valence-corrected chi connectivity index (χ3v) is 8.12. The van der Waals surface area contributed by atoms with E-state index < -0.39 is 34.1 Å². The highest BCUT2D eigenvalue weighted by Gasteiger charge is 2.33. The van der Waals surface area contributed by atoms with Gasteiger partial charge in [-0.2, -0.15) is 0 Å². The summed E-state index contributed by atoms with van der Waals surface area (Å²) < 4.78 is 34.3. The number of methoxy groups -OCH3 is 1. The standard InChI is InChI=1S/C31H39N3O5S/c1-22-14-16-28(17-15-22)40(37,38)34(26-12-9-13-27(19-26)39-7)21-29(35)33(20-25-11-8-10-23(2)18-25)24(3)30(36)32-31(4,5)6/h8-19,24H,20-21H2,1-7H3,(H,32,36)/t24-/m0/s1. The van der Waals surface area contributed by atoms with Gasteiger partial charge in [0.1, 0.15) is 18.3 Å². The van der Waals surface area contributed by atoms with Crippen LogP contribution in [0.25, 0.3) is 0 Å². The third kappa shape index (κ3) is 7.85. The van der Waals surface area contributed by atoms with Gasteiger partial charge in [-0.15, -0.1) is 0 Å². The number of hydrogen-bond donors (Lipinski definition) is 1. The first-order valence-electron chi connectivity index (χ1n) is 13.1. The van der Waals surface area contributed by atoms with E-state index in [0.717, 1.165) is 21.0 Å². The molecule has 214 valence electrons. The molecule has 0 heterocycles. The van der Waals surface area contributed by atoms with Crippen molar-refractivity contribution in [3.63, 3.8) is 0 Å². The number of ether oxygens (including phenoxy) is 1. The maximum absolute atomic E-state index is 14.0. The van der Waals surface area contributed by atoms with Gasteiger partial charge in [0.2, 0.25) is 11.8 Å². The molecule has 0 unspecified atom stereocenters. The molecule has 0 aliphatic heterocycles. The van der Waals surface area contributed by atoms with Crippen molar-refractivity contribution in [1.29, 1.82) is 0 Å². The van der Waals surface area contributed by atoms with Crippen LogP contribution in [0, 0.1) is 13.8 Å². The number of carbonyl (C=O) groups excluding carboxylic acids is 2. The minimum absolute atomic E-state index is 0.0532. The van der Waals surface area contributed by atoms with Crippen LogP contribution < -0.4 is 14.4 Å². The van der Waals surface area contributed by atoms with E-state index in [-0.39, 0.29) is 23.0 Å². The number of benzene rings is 3. The second-order valence-corrected chi connectivity index (χ2v) is 12.8. The molecule has 0 spiro atoms. The molecule has 9 heteroatoms. The maximum Gasteiger partial charge on any atom is 0.264 e. The van der Waals surface area contributed by atoms with Crippen LogP contribution in [0.1, 0.15) is 44.4 Å². The fourth-order valence-corrected chi connectivity index (χ4v) is 5.60. The summed E-state index contributed by atoms with van der Waals surface area (Å²) in [4.78, 5) is 28.7. The Hall–Kier alpha value is -3.85. The molecule has 0 aromatic heterocycles. The number of nitrogens with one attached hydrogen (secondary N) is 1. The van der Waals surface area contributed by atoms with Gasteiger partial charge in [0.05, 0.1) is 17.7 Å². The van der Waals surface area contributed by atoms with Crippen LogP contribution in [-0.4, -0.2) is 50.4 Å². The molecule has 0 aliphatic rings. The highest BCUT2D eigenvalue weighted by molar-refractivity contribution is 7.92. The first-order chi connectivity index (χ1) is 18.7. The fraction of sp³-hybridized carbons (Fsp3) is 0.355. The van der Waals surface area contributed by atoms with Crippen LogP contribution in [0.5, 0.6) is 5.75 Å². The minimum Gasteiger partial charge on any atom is -0.497 e. The largest absolute Gasteiger partial charge is 0.497 e. The Labute approximate surface area is 238 Å². The Morgan fingerprint density at radius 2 is 1.57 bits per heavy atom. The Morgan fingerprint density at radius 1 is 0.925 bits per heavy atom. The van der Waals surface area contributed by atoms with Gasteiger partial charge in [0.15, 0.2) is 0 Å². The summed E-state index contributed by atoms with van der Waals surface area (Å²) in [5, 5.41) is 2.93. The lowest BCUT2D eigenvalue weighted by atomic mass is 10.1. The van der Waals surface area contributed by atoms with Crippen molar-refractivity contribution in [1.82, 2.24) is 10.2 Å². The normalized spacial score (nSPS) is 12.4. The number of nitrogens with zero attached hydrogens (tertiary/aromatic N) is 2. The second-order valence-electron chi connectivity index (χ2n) is 11.0. The quantitative estimate of drug-likeness (QED) is 0.380. The molecule has 1 N–H and O–H groups in total. The van der Waals surface area contributed by atoms with Crippen molar-refractivity contribution < 1.29 is 22.7 Å². The van der Waals surface area contributed by atoms with E-state index in [1.54, 1.807) is 43.3 Å². The molecule has 2 amide bonds. The predicted octanol–water partition coefficient (Wildman–Crippen LogP) is 4.84. The first-order valence-corrected chi connectivity index (χ1v) is 14.6. The molecule has 0 radical (unpaired) electrons. The number of anilines is 1. The highest BCUT2D eigenvalue weighted by atomic mass is 32.2. The van der Waals surface area contributed by atoms with E-state index in [2.05, 4.69) is 5.32 Å². The van der Waals surface area contributed by atoms with Crippen molar-refractivity contribution in [2.75, 3.05) is 18.0 Å². The van der Waals surface area contributed by atoms with Gasteiger partial charge in [0, 0.05) is 18.2 Å². The number of aryl methyl sites for hydroxylation is 2. The summed E-state index contributed by atoms with van der Waals surface area (Å²) in [6, 6.07) is 19.8. The smallest absolute Gasteiger partial charge is 0.264 e. The summed E-state index contributed by atoms with van der Waals surface area (Å²) >= 11 is 0. The summed E-state index contributed by atoms with van der Waals surface area (Å²) in [6.07, 6.45) is 0. The monoisotopic (exact) mass is 565 g/mol. The maximum atomic E-state index is 14.0. The molecule has 0 aliphatic carbocycles. The lowest BCUT2D eigenvalue weighted by Crippen LogP contribution is -2.54. The highest BCUT2D eigenvalue weighted by Crippen LogP contribution is 2.28. The van der Waals surface area contributed by atoms with Crippen LogP contribution in [0.4, 0.5) is 5.69 Å². The van der Waals surface area contributed by atoms with Gasteiger partial charge in [-0.05, 0) is 71.4 Å². The lowest BCUT2D eigenvalue weighted by Gasteiger charge is -2.33. The number of rotatable bonds is 10. The molecule has 3 aromatic rings. The molecular formula is C31H39N3O5S. The van der Waals surface area contributed by atoms with Gasteiger partial charge in [-0.3, -0.25) is 13.9 Å². The van der Waals surface area contributed by atoms with E-state index >= 15 is 0 Å². The Balaban J connectivity index is 2.06. The van der Waals surface area contributed by atoms with Crippen molar-refractivity contribution in [2.45, 2.75) is 64.6 Å². The van der Waals surface area contributed by atoms with Crippen molar-refractivity contribution in [3.05, 3.63) is 89.5 Å². The molecule has 0 saturated carbocycles. The Kier molecular flexibility index (Phi) is 9.63. The van der Waals surface area contributed by atoms with Crippen LogP contribution in [-0.2, 0) is 26.2 Å². The Bertz CT molecular complexity index is 1450. The summed E-state index contributed by atoms with van der Waals surface area (Å²) in [5.74, 6) is -0.400. The number of amides is 2. The average Bonchev–Trinajstić information content (AvgIpc) is 2.89. The van der Waals surface area contributed by atoms with Crippen LogP contribution >= 0.6 is 0 Å². The van der Waals surface area contributed by atoms with Gasteiger partial charge < -0.3 is 15.0 Å². The Morgan fingerprint density at radius 3 is 2.17 bits per heavy atom. The van der Waals surface area contributed by atoms with Crippen LogP contribution in [0.2, 0.25) is 0 Å². The number of carbonyl (C=O) groups is 2. The van der Waals surface area contributed by atoms with Crippen LogP contribution in [0.15, 0.2) is 77.7 Å². The van der Waals surface area contributed by atoms with Gasteiger partial charge >= 0.3 is 0 Å². The van der Waals surface area contributed by atoms with E-state index in [9.17, 15) is 18.0 Å². The SMILES string of the molecule is COc1cccc(N(CC(=O)N(Cc2cccc(C)c2)[C@@H](C)C(=O)NC(C)(C)C)S(=O)(=O)c2ccc(C)cc2)c1. The molecule has 8 nitrogen and oxygen atoms in total. The topological polar surface area (TPSA) is 96.0 Å². The zero-order valence-electron chi connectivity index (χ0n) is 24.3. The number of hydrogen-bond acceptors (Lipinski definition) is 5. The molecule has 3 aromatic carbocycles. The summed E-state index contributed by atoms with van der Waals surface area (Å²) in [6.45, 7) is 10.7. The molecular weight excluding hydrogens is 526 g/mol. The van der Waals surface area contributed by atoms with Crippen molar-refractivity contribution in [3.8, 4) is 5.75 Å². The molecule has 0 fully saturated rings. The molecule has 0 saturated heterocycles. The summed E-state index contributed by atoms with van der Waals surface area (Å²) in [5.41, 5.74) is 2.52. The zero-order chi connectivity index (χ0) is 29.7. The lowest BCUT2D eigenvalue weighted by molar-refractivity contribution is -0.140. The van der Waals surface area contributed by atoms with Gasteiger partial charge in [-0.25, -0.2) is 8.42 Å². The van der Waals surface area contributed by atoms with Crippen molar-refractivity contribution >= 4 is 27.5 Å². The number of sulfonamides is 1. The van der Waals surface area contributed by atoms with E-state index in [0.29, 0.717) is 5.75 Å². The average molecular weight is 566 g/mol. The second kappa shape index (κ2) is 12.6. The van der Waals surface area contributed by atoms with Crippen LogP contribution in [0.3, 0.4) is 0 Å². The minimum atomic E-state index is -4.15. The van der Waals surface area contributed by atoms with Gasteiger partial charge in [-0.1, -0.05) is 53.6 Å². The third-order valence-electron chi connectivity index (χ3n) is 6.33. The van der Waals surface area contributed by atoms with E-state index in [1.165, 1.54) is 24.1 Å². The molecule has 1 atom stereocenters. The summed E-state index contributed by atoms with van der Waals surface area (Å²) in [7, 11) is -2.66.